The second-order valence-electron chi connectivity index (χ2n) is 8.06. The number of ether oxygens (including phenoxy) is 2. The summed E-state index contributed by atoms with van der Waals surface area (Å²) in [6, 6.07) is 10.2. The van der Waals surface area contributed by atoms with Gasteiger partial charge in [-0.15, -0.1) is 11.3 Å². The first-order chi connectivity index (χ1) is 15.2. The summed E-state index contributed by atoms with van der Waals surface area (Å²) in [7, 11) is 1.30. The molecule has 0 aliphatic rings. The van der Waals surface area contributed by atoms with E-state index in [1.54, 1.807) is 57.4 Å². The Bertz CT molecular complexity index is 1090. The van der Waals surface area contributed by atoms with Gasteiger partial charge in [-0.1, -0.05) is 12.1 Å². The van der Waals surface area contributed by atoms with Gasteiger partial charge in [-0.3, -0.25) is 9.78 Å². The number of fused-ring (bicyclic) bond motifs is 1. The molecule has 0 aliphatic heterocycles. The van der Waals surface area contributed by atoms with E-state index in [9.17, 15) is 14.4 Å². The molecule has 2 amide bonds. The smallest absolute Gasteiger partial charge is 0.407 e. The maximum absolute atomic E-state index is 13.2. The third kappa shape index (κ3) is 6.04. The number of nitrogens with one attached hydrogen (secondary N) is 2. The van der Waals surface area contributed by atoms with Crippen molar-refractivity contribution < 1.29 is 23.9 Å². The minimum absolute atomic E-state index is 0.0186. The first-order valence-electron chi connectivity index (χ1n) is 9.96. The number of hydrogen-bond donors (Lipinski definition) is 2. The fraction of sp³-hybridized carbons (Fsp3) is 0.304. The Hall–Kier alpha value is -3.46. The number of pyridine rings is 1. The molecule has 32 heavy (non-hydrogen) atoms. The SMILES string of the molecule is COC(=O)c1ccc(C(CNC(=O)OC(C)(C)C)C(=O)Nc2cc3ccncc3s2)cc1. The van der Waals surface area contributed by atoms with Crippen LogP contribution in [0, 0.1) is 0 Å². The van der Waals surface area contributed by atoms with Gasteiger partial charge in [0, 0.05) is 18.9 Å². The van der Waals surface area contributed by atoms with Crippen molar-refractivity contribution in [2.45, 2.75) is 32.3 Å². The zero-order valence-electron chi connectivity index (χ0n) is 18.3. The van der Waals surface area contributed by atoms with Gasteiger partial charge in [-0.2, -0.15) is 0 Å². The zero-order valence-corrected chi connectivity index (χ0v) is 19.1. The second-order valence-corrected chi connectivity index (χ2v) is 9.15. The van der Waals surface area contributed by atoms with Crippen molar-refractivity contribution in [3.8, 4) is 0 Å². The Labute approximate surface area is 189 Å². The van der Waals surface area contributed by atoms with E-state index in [0.29, 0.717) is 16.1 Å². The summed E-state index contributed by atoms with van der Waals surface area (Å²) < 4.78 is 11.0. The van der Waals surface area contributed by atoms with Gasteiger partial charge in [0.2, 0.25) is 5.91 Å². The fourth-order valence-corrected chi connectivity index (χ4v) is 3.92. The van der Waals surface area contributed by atoms with E-state index >= 15 is 0 Å². The molecule has 0 aliphatic carbocycles. The molecule has 3 rings (SSSR count). The molecule has 0 saturated heterocycles. The fourth-order valence-electron chi connectivity index (χ4n) is 2.99. The molecule has 0 radical (unpaired) electrons. The van der Waals surface area contributed by atoms with Crippen LogP contribution < -0.4 is 10.6 Å². The molecule has 2 aromatic heterocycles. The van der Waals surface area contributed by atoms with E-state index in [4.69, 9.17) is 9.47 Å². The lowest BCUT2D eigenvalue weighted by atomic mass is 9.97. The molecular weight excluding hydrogens is 430 g/mol. The molecule has 0 fully saturated rings. The Morgan fingerprint density at radius 1 is 1.12 bits per heavy atom. The van der Waals surface area contributed by atoms with Crippen LogP contribution in [0.3, 0.4) is 0 Å². The van der Waals surface area contributed by atoms with E-state index in [1.807, 2.05) is 12.1 Å². The number of carbonyl (C=O) groups is 3. The van der Waals surface area contributed by atoms with Gasteiger partial charge in [0.1, 0.15) is 5.60 Å². The van der Waals surface area contributed by atoms with Crippen molar-refractivity contribution >= 4 is 44.4 Å². The number of aromatic nitrogens is 1. The predicted octanol–water partition coefficient (Wildman–Crippen LogP) is 4.33. The highest BCUT2D eigenvalue weighted by Crippen LogP contribution is 2.30. The standard InChI is InChI=1S/C23H25N3O5S/c1-23(2,3)31-22(29)25-12-17(14-5-7-15(8-6-14)21(28)30-4)20(27)26-19-11-16-9-10-24-13-18(16)32-19/h5-11,13,17H,12H2,1-4H3,(H,25,29)(H,26,27). The average Bonchev–Trinajstić information content (AvgIpc) is 3.14. The van der Waals surface area contributed by atoms with Gasteiger partial charge in [0.05, 0.1) is 28.3 Å². The quantitative estimate of drug-likeness (QED) is 0.536. The van der Waals surface area contributed by atoms with Gasteiger partial charge in [0.25, 0.3) is 0 Å². The molecule has 1 atom stereocenters. The highest BCUT2D eigenvalue weighted by Gasteiger charge is 2.24. The number of benzene rings is 1. The van der Waals surface area contributed by atoms with Crippen LogP contribution in [0.25, 0.3) is 10.1 Å². The highest BCUT2D eigenvalue weighted by molar-refractivity contribution is 7.22. The summed E-state index contributed by atoms with van der Waals surface area (Å²) in [5, 5.41) is 7.23. The van der Waals surface area contributed by atoms with Crippen LogP contribution in [0.1, 0.15) is 42.6 Å². The topological polar surface area (TPSA) is 107 Å². The summed E-state index contributed by atoms with van der Waals surface area (Å²) >= 11 is 1.41. The molecule has 3 aromatic rings. The molecule has 0 saturated carbocycles. The van der Waals surface area contributed by atoms with Crippen molar-refractivity contribution in [3.63, 3.8) is 0 Å². The predicted molar refractivity (Wildman–Crippen MR) is 123 cm³/mol. The lowest BCUT2D eigenvalue weighted by molar-refractivity contribution is -0.117. The molecule has 2 N–H and O–H groups in total. The lowest BCUT2D eigenvalue weighted by Gasteiger charge is -2.22. The van der Waals surface area contributed by atoms with Crippen LogP contribution >= 0.6 is 11.3 Å². The number of amides is 2. The van der Waals surface area contributed by atoms with Crippen LogP contribution in [0.15, 0.2) is 48.8 Å². The van der Waals surface area contributed by atoms with Crippen molar-refractivity contribution in [3.05, 3.63) is 59.9 Å². The van der Waals surface area contributed by atoms with Crippen LogP contribution in [0.2, 0.25) is 0 Å². The van der Waals surface area contributed by atoms with Crippen LogP contribution in [0.5, 0.6) is 0 Å². The number of anilines is 1. The van der Waals surface area contributed by atoms with Crippen LogP contribution in [-0.4, -0.2) is 42.2 Å². The van der Waals surface area contributed by atoms with Crippen molar-refractivity contribution in [2.75, 3.05) is 19.0 Å². The van der Waals surface area contributed by atoms with E-state index in [0.717, 1.165) is 10.1 Å². The van der Waals surface area contributed by atoms with E-state index in [-0.39, 0.29) is 12.5 Å². The minimum Gasteiger partial charge on any atom is -0.465 e. The van der Waals surface area contributed by atoms with E-state index in [1.165, 1.54) is 18.4 Å². The third-order valence-corrected chi connectivity index (χ3v) is 5.47. The Morgan fingerprint density at radius 2 is 1.84 bits per heavy atom. The number of rotatable bonds is 6. The normalized spacial score (nSPS) is 12.1. The Kier molecular flexibility index (Phi) is 7.09. The Morgan fingerprint density at radius 3 is 2.47 bits per heavy atom. The number of hydrogen-bond acceptors (Lipinski definition) is 7. The second kappa shape index (κ2) is 9.78. The number of thiophene rings is 1. The number of carbonyl (C=O) groups excluding carboxylic acids is 3. The Balaban J connectivity index is 1.80. The molecule has 2 heterocycles. The number of alkyl carbamates (subject to hydrolysis) is 1. The maximum atomic E-state index is 13.2. The van der Waals surface area contributed by atoms with Gasteiger partial charge < -0.3 is 20.1 Å². The zero-order chi connectivity index (χ0) is 23.3. The van der Waals surface area contributed by atoms with Crippen molar-refractivity contribution in [2.24, 2.45) is 0 Å². The molecule has 8 nitrogen and oxygen atoms in total. The molecule has 0 bridgehead atoms. The highest BCUT2D eigenvalue weighted by atomic mass is 32.1. The summed E-state index contributed by atoms with van der Waals surface area (Å²) in [6.07, 6.45) is 2.81. The number of methoxy groups -OCH3 is 1. The van der Waals surface area contributed by atoms with Crippen LogP contribution in [0.4, 0.5) is 9.80 Å². The summed E-state index contributed by atoms with van der Waals surface area (Å²) in [6.45, 7) is 5.31. The van der Waals surface area contributed by atoms with Crippen molar-refractivity contribution in [1.82, 2.24) is 10.3 Å². The number of nitrogens with zero attached hydrogens (tertiary/aromatic N) is 1. The van der Waals surface area contributed by atoms with Gasteiger partial charge in [-0.05, 0) is 56.0 Å². The lowest BCUT2D eigenvalue weighted by Crippen LogP contribution is -2.37. The average molecular weight is 456 g/mol. The van der Waals surface area contributed by atoms with Gasteiger partial charge in [0.15, 0.2) is 0 Å². The summed E-state index contributed by atoms with van der Waals surface area (Å²) in [4.78, 5) is 41.1. The molecule has 0 spiro atoms. The molecule has 168 valence electrons. The molecule has 9 heteroatoms. The van der Waals surface area contributed by atoms with Gasteiger partial charge >= 0.3 is 12.1 Å². The monoisotopic (exact) mass is 455 g/mol. The van der Waals surface area contributed by atoms with Gasteiger partial charge in [-0.25, -0.2) is 9.59 Å². The largest absolute Gasteiger partial charge is 0.465 e. The molecule has 1 aromatic carbocycles. The summed E-state index contributed by atoms with van der Waals surface area (Å²) in [5.41, 5.74) is 0.344. The summed E-state index contributed by atoms with van der Waals surface area (Å²) in [5.74, 6) is -1.48. The first kappa shape index (κ1) is 23.2. The number of esters is 1. The minimum atomic E-state index is -0.711. The molecular formula is C23H25N3O5S. The van der Waals surface area contributed by atoms with Crippen LogP contribution in [-0.2, 0) is 14.3 Å². The first-order valence-corrected chi connectivity index (χ1v) is 10.8. The third-order valence-electron chi connectivity index (χ3n) is 4.47. The van der Waals surface area contributed by atoms with E-state index in [2.05, 4.69) is 15.6 Å². The molecule has 1 unspecified atom stereocenters. The maximum Gasteiger partial charge on any atom is 0.407 e. The van der Waals surface area contributed by atoms with E-state index < -0.39 is 23.6 Å². The van der Waals surface area contributed by atoms with Crippen molar-refractivity contribution in [1.29, 1.82) is 0 Å².